The van der Waals surface area contributed by atoms with Gasteiger partial charge in [-0.15, -0.1) is 0 Å². The van der Waals surface area contributed by atoms with Crippen LogP contribution in [0.25, 0.3) is 0 Å². The van der Waals surface area contributed by atoms with Crippen LogP contribution < -0.4 is 16.6 Å². The molecule has 4 N–H and O–H groups in total. The molecule has 0 aliphatic carbocycles. The van der Waals surface area contributed by atoms with Gasteiger partial charge in [-0.05, 0) is 23.5 Å². The van der Waals surface area contributed by atoms with Crippen LogP contribution in [0.2, 0.25) is 0 Å². The van der Waals surface area contributed by atoms with Crippen molar-refractivity contribution in [1.82, 2.24) is 10.7 Å². The highest BCUT2D eigenvalue weighted by molar-refractivity contribution is 5.72. The number of carbonyl (C=O) groups excluding carboxylic acids is 1. The summed E-state index contributed by atoms with van der Waals surface area (Å²) in [4.78, 5) is 10.9. The van der Waals surface area contributed by atoms with E-state index in [1.807, 2.05) is 17.6 Å². The number of rotatable bonds is 4. The summed E-state index contributed by atoms with van der Waals surface area (Å²) >= 11 is 0. The Morgan fingerprint density at radius 3 is 2.50 bits per heavy atom. The standard InChI is InChI=1S/C12H19N3O/c1-3-9(2)11-6-4-10(5-7-11)8-14-12(16)15-13/h4-7,9H,3,8,13H2,1-2H3,(H2,14,15,16). The van der Waals surface area contributed by atoms with Crippen LogP contribution in [-0.4, -0.2) is 6.03 Å². The lowest BCUT2D eigenvalue weighted by Crippen LogP contribution is -2.39. The number of nitrogens with two attached hydrogens (primary N) is 1. The van der Waals surface area contributed by atoms with Gasteiger partial charge in [-0.2, -0.15) is 0 Å². The molecule has 4 nitrogen and oxygen atoms in total. The Morgan fingerprint density at radius 2 is 2.00 bits per heavy atom. The first-order chi connectivity index (χ1) is 7.67. The molecule has 1 atom stereocenters. The molecular formula is C12H19N3O. The molecule has 16 heavy (non-hydrogen) atoms. The van der Waals surface area contributed by atoms with Gasteiger partial charge in [-0.1, -0.05) is 38.1 Å². The zero-order valence-electron chi connectivity index (χ0n) is 9.79. The average Bonchev–Trinajstić information content (AvgIpc) is 2.35. The van der Waals surface area contributed by atoms with Gasteiger partial charge in [0.15, 0.2) is 0 Å². The molecule has 88 valence electrons. The molecule has 0 aromatic heterocycles. The number of amides is 2. The Balaban J connectivity index is 2.54. The van der Waals surface area contributed by atoms with Crippen LogP contribution in [-0.2, 0) is 6.54 Å². The van der Waals surface area contributed by atoms with Crippen molar-refractivity contribution in [3.8, 4) is 0 Å². The molecule has 0 fully saturated rings. The lowest BCUT2D eigenvalue weighted by molar-refractivity contribution is 0.241. The summed E-state index contributed by atoms with van der Waals surface area (Å²) in [6.45, 7) is 4.87. The minimum Gasteiger partial charge on any atom is -0.333 e. The number of hydrogen-bond donors (Lipinski definition) is 3. The molecule has 1 rings (SSSR count). The molecule has 1 aromatic carbocycles. The Labute approximate surface area is 96.2 Å². The van der Waals surface area contributed by atoms with Gasteiger partial charge in [-0.25, -0.2) is 10.6 Å². The Bertz CT molecular complexity index is 335. The van der Waals surface area contributed by atoms with Gasteiger partial charge >= 0.3 is 6.03 Å². The second-order valence-corrected chi connectivity index (χ2v) is 3.88. The highest BCUT2D eigenvalue weighted by Crippen LogP contribution is 2.18. The summed E-state index contributed by atoms with van der Waals surface area (Å²) in [6, 6.07) is 7.89. The first-order valence-electron chi connectivity index (χ1n) is 5.50. The Kier molecular flexibility index (Phi) is 4.79. The van der Waals surface area contributed by atoms with Crippen molar-refractivity contribution in [2.75, 3.05) is 0 Å². The van der Waals surface area contributed by atoms with Gasteiger partial charge in [-0.3, -0.25) is 5.43 Å². The fourth-order valence-electron chi connectivity index (χ4n) is 1.43. The number of urea groups is 1. The molecule has 0 spiro atoms. The first kappa shape index (κ1) is 12.5. The predicted molar refractivity (Wildman–Crippen MR) is 64.7 cm³/mol. The van der Waals surface area contributed by atoms with E-state index >= 15 is 0 Å². The van der Waals surface area contributed by atoms with E-state index in [2.05, 4.69) is 31.3 Å². The lowest BCUT2D eigenvalue weighted by Gasteiger charge is -2.10. The number of carbonyl (C=O) groups is 1. The summed E-state index contributed by atoms with van der Waals surface area (Å²) in [5.41, 5.74) is 4.42. The van der Waals surface area contributed by atoms with E-state index in [0.717, 1.165) is 12.0 Å². The maximum atomic E-state index is 10.9. The van der Waals surface area contributed by atoms with Crippen molar-refractivity contribution < 1.29 is 4.79 Å². The van der Waals surface area contributed by atoms with E-state index in [1.165, 1.54) is 5.56 Å². The van der Waals surface area contributed by atoms with E-state index in [9.17, 15) is 4.79 Å². The van der Waals surface area contributed by atoms with Crippen molar-refractivity contribution in [2.45, 2.75) is 32.7 Å². The van der Waals surface area contributed by atoms with Crippen LogP contribution in [0.1, 0.15) is 37.3 Å². The molecule has 2 amide bonds. The summed E-state index contributed by atoms with van der Waals surface area (Å²) in [7, 11) is 0. The topological polar surface area (TPSA) is 67.2 Å². The van der Waals surface area contributed by atoms with Gasteiger partial charge in [0.1, 0.15) is 0 Å². The van der Waals surface area contributed by atoms with Crippen LogP contribution >= 0.6 is 0 Å². The molecule has 0 radical (unpaired) electrons. The van der Waals surface area contributed by atoms with Crippen LogP contribution in [0.5, 0.6) is 0 Å². The first-order valence-corrected chi connectivity index (χ1v) is 5.50. The van der Waals surface area contributed by atoms with Crippen LogP contribution in [0, 0.1) is 0 Å². The molecule has 1 aromatic rings. The summed E-state index contributed by atoms with van der Waals surface area (Å²) in [6.07, 6.45) is 1.13. The van der Waals surface area contributed by atoms with E-state index in [-0.39, 0.29) is 6.03 Å². The molecule has 0 saturated heterocycles. The monoisotopic (exact) mass is 221 g/mol. The second-order valence-electron chi connectivity index (χ2n) is 3.88. The van der Waals surface area contributed by atoms with Gasteiger partial charge in [0.2, 0.25) is 0 Å². The number of benzene rings is 1. The van der Waals surface area contributed by atoms with E-state index in [0.29, 0.717) is 12.5 Å². The summed E-state index contributed by atoms with van der Waals surface area (Å²) in [5, 5.41) is 2.64. The minimum absolute atomic E-state index is 0.369. The number of nitrogens with one attached hydrogen (secondary N) is 2. The fraction of sp³-hybridized carbons (Fsp3) is 0.417. The fourth-order valence-corrected chi connectivity index (χ4v) is 1.43. The highest BCUT2D eigenvalue weighted by atomic mass is 16.2. The molecule has 0 bridgehead atoms. The van der Waals surface area contributed by atoms with Gasteiger partial charge < -0.3 is 5.32 Å². The third kappa shape index (κ3) is 3.55. The quantitative estimate of drug-likeness (QED) is 0.413. The van der Waals surface area contributed by atoms with Gasteiger partial charge in [0.05, 0.1) is 0 Å². The van der Waals surface area contributed by atoms with Crippen molar-refractivity contribution >= 4 is 6.03 Å². The van der Waals surface area contributed by atoms with Crippen LogP contribution in [0.3, 0.4) is 0 Å². The second kappa shape index (κ2) is 6.12. The maximum Gasteiger partial charge on any atom is 0.329 e. The van der Waals surface area contributed by atoms with Gasteiger partial charge in [0.25, 0.3) is 0 Å². The maximum absolute atomic E-state index is 10.9. The largest absolute Gasteiger partial charge is 0.333 e. The molecule has 0 heterocycles. The Hall–Kier alpha value is -1.55. The SMILES string of the molecule is CCC(C)c1ccc(CNC(=O)NN)cc1. The zero-order chi connectivity index (χ0) is 12.0. The van der Waals surface area contributed by atoms with Crippen LogP contribution in [0.15, 0.2) is 24.3 Å². The van der Waals surface area contributed by atoms with E-state index in [1.54, 1.807) is 0 Å². The predicted octanol–water partition coefficient (Wildman–Crippen LogP) is 1.87. The normalized spacial score (nSPS) is 11.9. The minimum atomic E-state index is -0.369. The van der Waals surface area contributed by atoms with Crippen molar-refractivity contribution in [1.29, 1.82) is 0 Å². The summed E-state index contributed by atoms with van der Waals surface area (Å²) in [5.74, 6) is 5.53. The third-order valence-corrected chi connectivity index (χ3v) is 2.75. The van der Waals surface area contributed by atoms with Crippen molar-refractivity contribution in [3.63, 3.8) is 0 Å². The van der Waals surface area contributed by atoms with E-state index in [4.69, 9.17) is 5.84 Å². The zero-order valence-corrected chi connectivity index (χ0v) is 9.79. The molecule has 1 unspecified atom stereocenters. The molecule has 0 aliphatic rings. The van der Waals surface area contributed by atoms with Crippen LogP contribution in [0.4, 0.5) is 4.79 Å². The summed E-state index contributed by atoms with van der Waals surface area (Å²) < 4.78 is 0. The molecule has 0 saturated carbocycles. The van der Waals surface area contributed by atoms with E-state index < -0.39 is 0 Å². The van der Waals surface area contributed by atoms with Gasteiger partial charge in [0, 0.05) is 6.54 Å². The smallest absolute Gasteiger partial charge is 0.329 e. The third-order valence-electron chi connectivity index (χ3n) is 2.75. The van der Waals surface area contributed by atoms with Crippen molar-refractivity contribution in [3.05, 3.63) is 35.4 Å². The Morgan fingerprint density at radius 1 is 1.38 bits per heavy atom. The lowest BCUT2D eigenvalue weighted by atomic mass is 9.98. The average molecular weight is 221 g/mol. The highest BCUT2D eigenvalue weighted by Gasteiger charge is 2.02. The molecule has 0 aliphatic heterocycles. The number of hydrogen-bond acceptors (Lipinski definition) is 2. The molecular weight excluding hydrogens is 202 g/mol. The molecule has 4 heteroatoms. The van der Waals surface area contributed by atoms with Crippen molar-refractivity contribution in [2.24, 2.45) is 5.84 Å². The number of hydrazine groups is 1.